The highest BCUT2D eigenvalue weighted by molar-refractivity contribution is 6.04. The van der Waals surface area contributed by atoms with E-state index in [0.29, 0.717) is 0 Å². The Kier molecular flexibility index (Phi) is 3.47. The average Bonchev–Trinajstić information content (AvgIpc) is 2.41. The number of rotatable bonds is 3. The van der Waals surface area contributed by atoms with Crippen LogP contribution in [0.1, 0.15) is 10.4 Å². The minimum Gasteiger partial charge on any atom is -0.506 e. The van der Waals surface area contributed by atoms with Crippen molar-refractivity contribution in [2.45, 2.75) is 0 Å². The molecule has 0 unspecified atom stereocenters. The molecule has 8 heteroatoms. The Bertz CT molecular complexity index is 716. The lowest BCUT2D eigenvalue weighted by molar-refractivity contribution is -0.384. The van der Waals surface area contributed by atoms with E-state index in [1.165, 1.54) is 6.07 Å². The van der Waals surface area contributed by atoms with Crippen molar-refractivity contribution in [1.82, 2.24) is 0 Å². The lowest BCUT2D eigenvalue weighted by Gasteiger charge is -2.06. The Morgan fingerprint density at radius 2 is 2.05 bits per heavy atom. The van der Waals surface area contributed by atoms with Crippen LogP contribution >= 0.6 is 0 Å². The molecule has 0 atom stereocenters. The first-order valence-electron chi connectivity index (χ1n) is 5.35. The van der Waals surface area contributed by atoms with E-state index >= 15 is 0 Å². The molecule has 102 valence electrons. The number of non-ortho nitro benzene ring substituents is 1. The fraction of sp³-hybridized carbons (Fsp3) is 0. The number of nitro groups is 1. The number of hydrogen-bond acceptors (Lipinski definition) is 6. The summed E-state index contributed by atoms with van der Waals surface area (Å²) in [6, 6.07) is 5.51. The van der Waals surface area contributed by atoms with Crippen molar-refractivity contribution >= 4 is 17.3 Å². The molecule has 8 nitrogen and oxygen atoms in total. The number of carbonyl (C=O) groups excluding carboxylic acids is 1. The molecule has 2 N–H and O–H groups in total. The number of aromatic hydroxyl groups is 1. The quantitative estimate of drug-likeness (QED) is 0.497. The van der Waals surface area contributed by atoms with E-state index in [4.69, 9.17) is 0 Å². The predicted octanol–water partition coefficient (Wildman–Crippen LogP) is 1.51. The molecule has 0 aliphatic heterocycles. The van der Waals surface area contributed by atoms with Crippen LogP contribution in [-0.4, -0.2) is 15.9 Å². The summed E-state index contributed by atoms with van der Waals surface area (Å²) >= 11 is 0. The molecule has 20 heavy (non-hydrogen) atoms. The third-order valence-corrected chi connectivity index (χ3v) is 2.40. The molecule has 0 saturated heterocycles. The van der Waals surface area contributed by atoms with Crippen LogP contribution in [0.15, 0.2) is 45.8 Å². The molecule has 1 amide bonds. The molecular weight excluding hydrogens is 268 g/mol. The Hall–Kier alpha value is -3.16. The summed E-state index contributed by atoms with van der Waals surface area (Å²) in [5.41, 5.74) is -0.969. The van der Waals surface area contributed by atoms with Crippen molar-refractivity contribution in [2.75, 3.05) is 5.32 Å². The summed E-state index contributed by atoms with van der Waals surface area (Å²) < 4.78 is 4.52. The van der Waals surface area contributed by atoms with Gasteiger partial charge in [-0.05, 0) is 12.1 Å². The monoisotopic (exact) mass is 276 g/mol. The molecule has 0 bridgehead atoms. The predicted molar refractivity (Wildman–Crippen MR) is 67.7 cm³/mol. The SMILES string of the molecule is O=C(Nc1cc([N+](=O)[O-])ccc1O)c1ccc(=O)oc1. The molecular formula is C12H8N2O6. The van der Waals surface area contributed by atoms with Gasteiger partial charge in [-0.1, -0.05) is 0 Å². The number of hydrogen-bond donors (Lipinski definition) is 2. The van der Waals surface area contributed by atoms with E-state index in [0.717, 1.165) is 30.5 Å². The zero-order valence-electron chi connectivity index (χ0n) is 9.90. The Morgan fingerprint density at radius 3 is 2.65 bits per heavy atom. The fourth-order valence-corrected chi connectivity index (χ4v) is 1.42. The number of anilines is 1. The maximum absolute atomic E-state index is 11.8. The normalized spacial score (nSPS) is 10.0. The lowest BCUT2D eigenvalue weighted by Crippen LogP contribution is -2.13. The van der Waals surface area contributed by atoms with E-state index in [-0.39, 0.29) is 22.7 Å². The van der Waals surface area contributed by atoms with Gasteiger partial charge in [0.05, 0.1) is 16.2 Å². The maximum atomic E-state index is 11.8. The smallest absolute Gasteiger partial charge is 0.335 e. The van der Waals surface area contributed by atoms with E-state index in [1.807, 2.05) is 0 Å². The van der Waals surface area contributed by atoms with Crippen LogP contribution in [-0.2, 0) is 0 Å². The molecule has 0 aliphatic rings. The van der Waals surface area contributed by atoms with Crippen molar-refractivity contribution in [3.05, 3.63) is 62.7 Å². The number of nitrogens with one attached hydrogen (secondary N) is 1. The number of nitro benzene ring substituents is 1. The Labute approximate surface area is 111 Å². The number of phenols is 1. The van der Waals surface area contributed by atoms with Gasteiger partial charge < -0.3 is 14.8 Å². The molecule has 0 radical (unpaired) electrons. The van der Waals surface area contributed by atoms with Gasteiger partial charge in [0, 0.05) is 18.2 Å². The third kappa shape index (κ3) is 2.80. The van der Waals surface area contributed by atoms with Crippen molar-refractivity contribution in [3.63, 3.8) is 0 Å². The topological polar surface area (TPSA) is 123 Å². The van der Waals surface area contributed by atoms with E-state index in [2.05, 4.69) is 9.73 Å². The number of nitrogens with zero attached hydrogens (tertiary/aromatic N) is 1. The molecule has 0 spiro atoms. The summed E-state index contributed by atoms with van der Waals surface area (Å²) in [5, 5.41) is 22.5. The van der Waals surface area contributed by atoms with Gasteiger partial charge in [-0.3, -0.25) is 14.9 Å². The van der Waals surface area contributed by atoms with E-state index < -0.39 is 16.5 Å². The number of phenolic OH excluding ortho intramolecular Hbond substituents is 1. The molecule has 1 aromatic heterocycles. The lowest BCUT2D eigenvalue weighted by atomic mass is 10.2. The van der Waals surface area contributed by atoms with Gasteiger partial charge in [-0.2, -0.15) is 0 Å². The Morgan fingerprint density at radius 1 is 1.30 bits per heavy atom. The summed E-state index contributed by atoms with van der Waals surface area (Å²) in [4.78, 5) is 32.5. The van der Waals surface area contributed by atoms with Crippen LogP contribution in [0.2, 0.25) is 0 Å². The average molecular weight is 276 g/mol. The number of carbonyl (C=O) groups is 1. The van der Waals surface area contributed by atoms with Crippen LogP contribution in [0, 0.1) is 10.1 Å². The molecule has 2 rings (SSSR count). The molecule has 2 aromatic rings. The van der Waals surface area contributed by atoms with Crippen molar-refractivity contribution in [2.24, 2.45) is 0 Å². The largest absolute Gasteiger partial charge is 0.506 e. The molecule has 0 saturated carbocycles. The van der Waals surface area contributed by atoms with Gasteiger partial charge in [0.2, 0.25) is 0 Å². The molecule has 0 fully saturated rings. The van der Waals surface area contributed by atoms with Gasteiger partial charge in [0.15, 0.2) is 0 Å². The second kappa shape index (κ2) is 5.22. The molecule has 1 heterocycles. The maximum Gasteiger partial charge on any atom is 0.335 e. The van der Waals surface area contributed by atoms with E-state index in [1.54, 1.807) is 0 Å². The highest BCUT2D eigenvalue weighted by Gasteiger charge is 2.14. The van der Waals surface area contributed by atoms with Gasteiger partial charge in [-0.25, -0.2) is 4.79 Å². The van der Waals surface area contributed by atoms with Crippen LogP contribution < -0.4 is 10.9 Å². The first kappa shape index (κ1) is 13.3. The van der Waals surface area contributed by atoms with Crippen molar-refractivity contribution < 1.29 is 19.2 Å². The van der Waals surface area contributed by atoms with Gasteiger partial charge in [0.1, 0.15) is 12.0 Å². The highest BCUT2D eigenvalue weighted by atomic mass is 16.6. The first-order chi connectivity index (χ1) is 9.47. The first-order valence-corrected chi connectivity index (χ1v) is 5.35. The zero-order chi connectivity index (χ0) is 14.7. The standard InChI is InChI=1S/C12H8N2O6/c15-10-3-2-8(14(18)19)5-9(10)13-12(17)7-1-4-11(16)20-6-7/h1-6,15H,(H,13,17). The van der Waals surface area contributed by atoms with Crippen LogP contribution in [0.3, 0.4) is 0 Å². The second-order valence-corrected chi connectivity index (χ2v) is 3.76. The van der Waals surface area contributed by atoms with E-state index in [9.17, 15) is 24.8 Å². The van der Waals surface area contributed by atoms with Crippen molar-refractivity contribution in [3.8, 4) is 5.75 Å². The minimum atomic E-state index is -0.676. The minimum absolute atomic E-state index is 0.0375. The fourth-order valence-electron chi connectivity index (χ4n) is 1.42. The van der Waals surface area contributed by atoms with Crippen molar-refractivity contribution in [1.29, 1.82) is 0 Å². The summed E-state index contributed by atoms with van der Waals surface area (Å²) in [6.07, 6.45) is 0.950. The van der Waals surface area contributed by atoms with Crippen LogP contribution in [0.25, 0.3) is 0 Å². The van der Waals surface area contributed by atoms with Gasteiger partial charge >= 0.3 is 5.63 Å². The molecule has 0 aliphatic carbocycles. The number of amides is 1. The van der Waals surface area contributed by atoms with Gasteiger partial charge in [-0.15, -0.1) is 0 Å². The summed E-state index contributed by atoms with van der Waals surface area (Å²) in [6.45, 7) is 0. The summed E-state index contributed by atoms with van der Waals surface area (Å²) in [5.74, 6) is -0.995. The second-order valence-electron chi connectivity index (χ2n) is 3.76. The number of benzene rings is 1. The zero-order valence-corrected chi connectivity index (χ0v) is 9.90. The highest BCUT2D eigenvalue weighted by Crippen LogP contribution is 2.28. The van der Waals surface area contributed by atoms with Crippen LogP contribution in [0.5, 0.6) is 5.75 Å². The third-order valence-electron chi connectivity index (χ3n) is 2.40. The van der Waals surface area contributed by atoms with Gasteiger partial charge in [0.25, 0.3) is 11.6 Å². The Balaban J connectivity index is 2.27. The summed E-state index contributed by atoms with van der Waals surface area (Å²) in [7, 11) is 0. The van der Waals surface area contributed by atoms with Crippen LogP contribution in [0.4, 0.5) is 11.4 Å². The molecule has 1 aromatic carbocycles.